The molecule has 1 atom stereocenters. The second kappa shape index (κ2) is 8.58. The number of carbonyl (C=O) groups is 3. The maximum atomic E-state index is 12.6. The number of aromatic nitrogens is 1. The number of hydrogen-bond acceptors (Lipinski definition) is 5. The van der Waals surface area contributed by atoms with Crippen LogP contribution in [0.2, 0.25) is 0 Å². The van der Waals surface area contributed by atoms with Gasteiger partial charge in [-0.15, -0.1) is 0 Å². The van der Waals surface area contributed by atoms with E-state index in [9.17, 15) is 14.4 Å². The Kier molecular flexibility index (Phi) is 6.16. The van der Waals surface area contributed by atoms with E-state index >= 15 is 0 Å². The number of nitrogens with one attached hydrogen (secondary N) is 1. The summed E-state index contributed by atoms with van der Waals surface area (Å²) in [6.07, 6.45) is 6.04. The lowest BCUT2D eigenvalue weighted by atomic mass is 9.72. The van der Waals surface area contributed by atoms with Gasteiger partial charge in [0, 0.05) is 45.0 Å². The van der Waals surface area contributed by atoms with Crippen LogP contribution in [-0.4, -0.2) is 65.5 Å². The molecule has 1 aromatic rings. The van der Waals surface area contributed by atoms with Crippen LogP contribution in [0.5, 0.6) is 0 Å². The number of nitrogens with zero attached hydrogens (tertiary/aromatic N) is 3. The molecule has 0 saturated carbocycles. The van der Waals surface area contributed by atoms with Crippen molar-refractivity contribution >= 4 is 17.9 Å². The number of rotatable bonds is 4. The molecule has 8 heteroatoms. The van der Waals surface area contributed by atoms with Crippen molar-refractivity contribution in [2.75, 3.05) is 26.7 Å². The fourth-order valence-corrected chi connectivity index (χ4v) is 4.14. The molecule has 2 fully saturated rings. The van der Waals surface area contributed by atoms with Gasteiger partial charge >= 0.3 is 6.09 Å². The summed E-state index contributed by atoms with van der Waals surface area (Å²) in [5.41, 5.74) is 1.15. The minimum atomic E-state index is -0.613. The van der Waals surface area contributed by atoms with Crippen molar-refractivity contribution < 1.29 is 19.1 Å². The van der Waals surface area contributed by atoms with Gasteiger partial charge in [0.15, 0.2) is 0 Å². The zero-order valence-corrected chi connectivity index (χ0v) is 16.5. The van der Waals surface area contributed by atoms with Crippen molar-refractivity contribution in [3.8, 4) is 0 Å². The van der Waals surface area contributed by atoms with Gasteiger partial charge in [-0.3, -0.25) is 14.6 Å². The highest BCUT2D eigenvalue weighted by Gasteiger charge is 2.42. The predicted octanol–water partition coefficient (Wildman–Crippen LogP) is 1.56. The van der Waals surface area contributed by atoms with Crippen molar-refractivity contribution in [2.24, 2.45) is 5.41 Å². The molecular weight excluding hydrogens is 360 g/mol. The predicted molar refractivity (Wildman–Crippen MR) is 102 cm³/mol. The SMILES string of the molecule is COC(=O)N[C@H](C)C(=O)N1CCC2(CCC(=O)N(Cc3ccncc3)C2)CC1. The quantitative estimate of drug-likeness (QED) is 0.845. The molecular formula is C20H28N4O4. The molecule has 1 N–H and O–H groups in total. The lowest BCUT2D eigenvalue weighted by molar-refractivity contribution is -0.143. The van der Waals surface area contributed by atoms with Gasteiger partial charge in [0.05, 0.1) is 7.11 Å². The largest absolute Gasteiger partial charge is 0.453 e. The highest BCUT2D eigenvalue weighted by Crippen LogP contribution is 2.40. The van der Waals surface area contributed by atoms with Crippen LogP contribution >= 0.6 is 0 Å². The molecule has 152 valence electrons. The molecule has 2 aliphatic heterocycles. The maximum absolute atomic E-state index is 12.6. The Hall–Kier alpha value is -2.64. The van der Waals surface area contributed by atoms with Crippen molar-refractivity contribution in [3.63, 3.8) is 0 Å². The summed E-state index contributed by atoms with van der Waals surface area (Å²) in [5.74, 6) is 0.0950. The molecule has 0 aliphatic carbocycles. The van der Waals surface area contributed by atoms with Crippen LogP contribution < -0.4 is 5.32 Å². The Labute approximate surface area is 165 Å². The first-order valence-corrected chi connectivity index (χ1v) is 9.72. The molecule has 28 heavy (non-hydrogen) atoms. The van der Waals surface area contributed by atoms with Crippen LogP contribution in [0.3, 0.4) is 0 Å². The van der Waals surface area contributed by atoms with E-state index in [1.165, 1.54) is 7.11 Å². The van der Waals surface area contributed by atoms with E-state index in [1.54, 1.807) is 24.2 Å². The molecule has 0 bridgehead atoms. The van der Waals surface area contributed by atoms with E-state index in [0.717, 1.165) is 31.4 Å². The van der Waals surface area contributed by atoms with E-state index in [4.69, 9.17) is 0 Å². The zero-order valence-electron chi connectivity index (χ0n) is 16.5. The van der Waals surface area contributed by atoms with Crippen LogP contribution in [0, 0.1) is 5.41 Å². The van der Waals surface area contributed by atoms with E-state index in [2.05, 4.69) is 15.0 Å². The van der Waals surface area contributed by atoms with Gasteiger partial charge in [-0.2, -0.15) is 0 Å². The first-order valence-electron chi connectivity index (χ1n) is 9.72. The number of methoxy groups -OCH3 is 1. The summed E-state index contributed by atoms with van der Waals surface area (Å²) in [7, 11) is 1.28. The average Bonchev–Trinajstić information content (AvgIpc) is 2.71. The molecule has 3 amide bonds. The lowest BCUT2D eigenvalue weighted by Crippen LogP contribution is -2.54. The topological polar surface area (TPSA) is 91.8 Å². The Bertz CT molecular complexity index is 716. The lowest BCUT2D eigenvalue weighted by Gasteiger charge is -2.47. The minimum Gasteiger partial charge on any atom is -0.453 e. The minimum absolute atomic E-state index is 0.0662. The van der Waals surface area contributed by atoms with E-state index in [0.29, 0.717) is 26.1 Å². The average molecular weight is 388 g/mol. The molecule has 0 aromatic carbocycles. The standard InChI is InChI=1S/C20H28N4O4/c1-15(22-19(27)28-2)18(26)23-11-7-20(8-12-23)6-3-17(25)24(14-20)13-16-4-9-21-10-5-16/h4-5,9-10,15H,3,6-8,11-14H2,1-2H3,(H,22,27)/t15-/m1/s1. The number of amides is 3. The smallest absolute Gasteiger partial charge is 0.407 e. The van der Waals surface area contributed by atoms with E-state index in [1.807, 2.05) is 17.0 Å². The van der Waals surface area contributed by atoms with Crippen LogP contribution in [0.4, 0.5) is 4.79 Å². The normalized spacial score (nSPS) is 20.0. The van der Waals surface area contributed by atoms with Gasteiger partial charge in [-0.25, -0.2) is 4.79 Å². The number of ether oxygens (including phenoxy) is 1. The van der Waals surface area contributed by atoms with Gasteiger partial charge in [0.2, 0.25) is 11.8 Å². The van der Waals surface area contributed by atoms with Gasteiger partial charge < -0.3 is 19.9 Å². The molecule has 0 radical (unpaired) electrons. The second-order valence-electron chi connectivity index (χ2n) is 7.79. The summed E-state index contributed by atoms with van der Waals surface area (Å²) >= 11 is 0. The van der Waals surface area contributed by atoms with Crippen molar-refractivity contribution in [3.05, 3.63) is 30.1 Å². The summed E-state index contributed by atoms with van der Waals surface area (Å²) in [5, 5.41) is 2.53. The third-order valence-electron chi connectivity index (χ3n) is 5.90. The fraction of sp³-hybridized carbons (Fsp3) is 0.600. The first kappa shape index (κ1) is 20.1. The molecule has 1 spiro atoms. The third-order valence-corrected chi connectivity index (χ3v) is 5.90. The summed E-state index contributed by atoms with van der Waals surface area (Å²) in [4.78, 5) is 44.1. The molecule has 3 rings (SSSR count). The summed E-state index contributed by atoms with van der Waals surface area (Å²) < 4.78 is 4.56. The molecule has 2 saturated heterocycles. The number of likely N-dealkylation sites (tertiary alicyclic amines) is 2. The highest BCUT2D eigenvalue weighted by atomic mass is 16.5. The number of hydrogen-bond donors (Lipinski definition) is 1. The van der Waals surface area contributed by atoms with Crippen LogP contribution in [-0.2, 0) is 20.9 Å². The summed E-state index contributed by atoms with van der Waals surface area (Å²) in [6.45, 7) is 4.28. The zero-order chi connectivity index (χ0) is 20.1. The first-order chi connectivity index (χ1) is 13.4. The molecule has 3 heterocycles. The number of pyridine rings is 1. The third kappa shape index (κ3) is 4.61. The van der Waals surface area contributed by atoms with Crippen molar-refractivity contribution in [2.45, 2.75) is 45.2 Å². The van der Waals surface area contributed by atoms with E-state index < -0.39 is 12.1 Å². The fourth-order valence-electron chi connectivity index (χ4n) is 4.14. The van der Waals surface area contributed by atoms with E-state index in [-0.39, 0.29) is 17.2 Å². The Morgan fingerprint density at radius 2 is 1.93 bits per heavy atom. The van der Waals surface area contributed by atoms with Gasteiger partial charge in [-0.1, -0.05) is 0 Å². The Morgan fingerprint density at radius 3 is 2.57 bits per heavy atom. The molecule has 2 aliphatic rings. The monoisotopic (exact) mass is 388 g/mol. The molecule has 0 unspecified atom stereocenters. The Balaban J connectivity index is 1.57. The van der Waals surface area contributed by atoms with Crippen LogP contribution in [0.1, 0.15) is 38.2 Å². The van der Waals surface area contributed by atoms with Gasteiger partial charge in [0.1, 0.15) is 6.04 Å². The highest BCUT2D eigenvalue weighted by molar-refractivity contribution is 5.85. The Morgan fingerprint density at radius 1 is 1.25 bits per heavy atom. The molecule has 8 nitrogen and oxygen atoms in total. The maximum Gasteiger partial charge on any atom is 0.407 e. The second-order valence-corrected chi connectivity index (χ2v) is 7.79. The van der Waals surface area contributed by atoms with Gasteiger partial charge in [-0.05, 0) is 49.3 Å². The molecule has 1 aromatic heterocycles. The number of piperidine rings is 2. The van der Waals surface area contributed by atoms with Crippen LogP contribution in [0.25, 0.3) is 0 Å². The summed E-state index contributed by atoms with van der Waals surface area (Å²) in [6, 6.07) is 3.26. The number of carbonyl (C=O) groups excluding carboxylic acids is 3. The van der Waals surface area contributed by atoms with Crippen LogP contribution in [0.15, 0.2) is 24.5 Å². The van der Waals surface area contributed by atoms with Gasteiger partial charge in [0.25, 0.3) is 0 Å². The number of alkyl carbamates (subject to hydrolysis) is 1. The van der Waals surface area contributed by atoms with Crippen molar-refractivity contribution in [1.82, 2.24) is 20.1 Å². The van der Waals surface area contributed by atoms with Crippen molar-refractivity contribution in [1.29, 1.82) is 0 Å².